The Balaban J connectivity index is 1.47. The maximum absolute atomic E-state index is 13.7. The van der Waals surface area contributed by atoms with Crippen molar-refractivity contribution in [3.8, 4) is 0 Å². The first-order valence-corrected chi connectivity index (χ1v) is 12.4. The fourth-order valence-corrected chi connectivity index (χ4v) is 5.53. The number of carbonyl (C=O) groups excluding carboxylic acids is 2. The van der Waals surface area contributed by atoms with E-state index in [1.165, 1.54) is 0 Å². The van der Waals surface area contributed by atoms with Crippen LogP contribution in [0.2, 0.25) is 0 Å². The van der Waals surface area contributed by atoms with Gasteiger partial charge in [-0.1, -0.05) is 72.8 Å². The number of fused-ring (bicyclic) bond motifs is 1. The van der Waals surface area contributed by atoms with Crippen LogP contribution in [0.15, 0.2) is 72.8 Å². The van der Waals surface area contributed by atoms with Crippen molar-refractivity contribution in [3.05, 3.63) is 83.9 Å². The third-order valence-corrected chi connectivity index (χ3v) is 7.47. The number of hydrogen-bond acceptors (Lipinski definition) is 6. The van der Waals surface area contributed by atoms with E-state index in [0.29, 0.717) is 19.6 Å². The highest BCUT2D eigenvalue weighted by Crippen LogP contribution is 2.45. The van der Waals surface area contributed by atoms with Gasteiger partial charge in [0.05, 0.1) is 0 Å². The van der Waals surface area contributed by atoms with E-state index in [9.17, 15) is 9.59 Å². The van der Waals surface area contributed by atoms with E-state index in [0.717, 1.165) is 30.6 Å². The summed E-state index contributed by atoms with van der Waals surface area (Å²) < 4.78 is 6.24. The summed E-state index contributed by atoms with van der Waals surface area (Å²) in [5.41, 5.74) is 0.320. The zero-order chi connectivity index (χ0) is 24.5. The number of nitrogens with zero attached hydrogens (tertiary/aromatic N) is 2. The maximum atomic E-state index is 13.7. The highest BCUT2D eigenvalue weighted by Gasteiger charge is 2.60. The summed E-state index contributed by atoms with van der Waals surface area (Å²) in [6, 6.07) is 18.4. The second-order valence-electron chi connectivity index (χ2n) is 10.1. The molecule has 2 aromatic carbocycles. The zero-order valence-electron chi connectivity index (χ0n) is 20.4. The first kappa shape index (κ1) is 23.7. The van der Waals surface area contributed by atoms with Gasteiger partial charge in [0.2, 0.25) is 11.6 Å². The molecule has 2 fully saturated rings. The smallest absolute Gasteiger partial charge is 0.327 e. The number of hydrogen-bond donors (Lipinski definition) is 2. The van der Waals surface area contributed by atoms with Gasteiger partial charge >= 0.3 is 5.97 Å². The van der Waals surface area contributed by atoms with E-state index in [2.05, 4.69) is 41.5 Å². The van der Waals surface area contributed by atoms with Crippen LogP contribution >= 0.6 is 0 Å². The molecule has 0 spiro atoms. The van der Waals surface area contributed by atoms with Crippen molar-refractivity contribution < 1.29 is 14.3 Å². The average Bonchev–Trinajstić information content (AvgIpc) is 3.22. The summed E-state index contributed by atoms with van der Waals surface area (Å²) in [6.07, 6.45) is 5.41. The highest BCUT2D eigenvalue weighted by molar-refractivity contribution is 5.86. The normalized spacial score (nSPS) is 24.6. The van der Waals surface area contributed by atoms with Gasteiger partial charge < -0.3 is 15.4 Å². The number of ether oxygens (including phenoxy) is 1. The Morgan fingerprint density at radius 1 is 1.06 bits per heavy atom. The largest absolute Gasteiger partial charge is 0.434 e. The minimum Gasteiger partial charge on any atom is -0.434 e. The van der Waals surface area contributed by atoms with Crippen molar-refractivity contribution in [3.63, 3.8) is 0 Å². The molecule has 7 heteroatoms. The Hall–Kier alpha value is -3.00. The van der Waals surface area contributed by atoms with Gasteiger partial charge in [0, 0.05) is 49.4 Å². The number of rotatable bonds is 6. The van der Waals surface area contributed by atoms with Gasteiger partial charge in [0.1, 0.15) is 12.1 Å². The second-order valence-corrected chi connectivity index (χ2v) is 10.1. The van der Waals surface area contributed by atoms with Gasteiger partial charge in [-0.3, -0.25) is 14.5 Å². The van der Waals surface area contributed by atoms with Crippen molar-refractivity contribution in [2.24, 2.45) is 0 Å². The summed E-state index contributed by atoms with van der Waals surface area (Å²) in [6.45, 7) is 7.59. The summed E-state index contributed by atoms with van der Waals surface area (Å²) >= 11 is 0. The molecule has 7 nitrogen and oxygen atoms in total. The predicted octanol–water partition coefficient (Wildman–Crippen LogP) is 2.24. The van der Waals surface area contributed by atoms with Crippen molar-refractivity contribution >= 4 is 11.9 Å². The molecule has 0 aliphatic carbocycles. The van der Waals surface area contributed by atoms with Crippen molar-refractivity contribution in [2.45, 2.75) is 43.6 Å². The summed E-state index contributed by atoms with van der Waals surface area (Å²) in [4.78, 5) is 31.3. The predicted molar refractivity (Wildman–Crippen MR) is 134 cm³/mol. The quantitative estimate of drug-likeness (QED) is 0.494. The Bertz CT molecular complexity index is 1050. The number of carbonyl (C=O) groups is 2. The molecule has 2 saturated heterocycles. The lowest BCUT2D eigenvalue weighted by Crippen LogP contribution is -2.66. The van der Waals surface area contributed by atoms with Crippen LogP contribution in [0.3, 0.4) is 0 Å². The van der Waals surface area contributed by atoms with Crippen LogP contribution < -0.4 is 10.6 Å². The van der Waals surface area contributed by atoms with Gasteiger partial charge in [-0.2, -0.15) is 0 Å². The van der Waals surface area contributed by atoms with E-state index in [1.54, 1.807) is 0 Å². The number of amides is 1. The molecule has 0 radical (unpaired) electrons. The molecule has 2 atom stereocenters. The molecule has 3 heterocycles. The van der Waals surface area contributed by atoms with Crippen LogP contribution in [-0.4, -0.2) is 72.0 Å². The van der Waals surface area contributed by atoms with Crippen molar-refractivity contribution in [1.82, 2.24) is 20.4 Å². The number of nitrogens with one attached hydrogen (secondary N) is 2. The standard InChI is InChI=1S/C28H34N4O3/c1-27(2,31-16-10-5-11-17-31)20-30-25(33)23-18-29-19-24-26(34)35-28(32(23)24,21-12-6-3-7-13-21)22-14-8-4-9-15-22/h3-10,12-15,23-24,29H,11,16-20H2,1-2H3,(H,30,33). The Labute approximate surface area is 207 Å². The fourth-order valence-electron chi connectivity index (χ4n) is 5.53. The molecule has 0 aromatic heterocycles. The molecule has 2 aromatic rings. The molecular formula is C28H34N4O3. The van der Waals surface area contributed by atoms with Gasteiger partial charge in [-0.15, -0.1) is 0 Å². The third kappa shape index (κ3) is 4.29. The van der Waals surface area contributed by atoms with Crippen LogP contribution in [0.25, 0.3) is 0 Å². The topological polar surface area (TPSA) is 73.9 Å². The minimum atomic E-state index is -1.17. The van der Waals surface area contributed by atoms with Gasteiger partial charge in [0.25, 0.3) is 0 Å². The van der Waals surface area contributed by atoms with E-state index in [1.807, 2.05) is 65.6 Å². The molecule has 2 N–H and O–H groups in total. The summed E-state index contributed by atoms with van der Waals surface area (Å²) in [5.74, 6) is -0.416. The maximum Gasteiger partial charge on any atom is 0.327 e. The molecule has 2 unspecified atom stereocenters. The number of cyclic esters (lactones) is 1. The van der Waals surface area contributed by atoms with Crippen LogP contribution in [0.4, 0.5) is 0 Å². The van der Waals surface area contributed by atoms with Crippen molar-refractivity contribution in [2.75, 3.05) is 32.7 Å². The number of piperazine rings is 1. The SMILES string of the molecule is CC(C)(CNC(=O)C1CNCC2C(=O)OC(c3ccccc3)(c3ccccc3)N12)N1CC=CCC1. The highest BCUT2D eigenvalue weighted by atomic mass is 16.6. The second kappa shape index (κ2) is 9.57. The lowest BCUT2D eigenvalue weighted by atomic mass is 9.89. The van der Waals surface area contributed by atoms with Gasteiger partial charge in [-0.25, -0.2) is 4.90 Å². The Morgan fingerprint density at radius 3 is 2.31 bits per heavy atom. The molecule has 1 amide bonds. The molecule has 35 heavy (non-hydrogen) atoms. The van der Waals surface area contributed by atoms with Crippen LogP contribution in [-0.2, 0) is 20.1 Å². The lowest BCUT2D eigenvalue weighted by Gasteiger charge is -2.45. The molecule has 184 valence electrons. The van der Waals surface area contributed by atoms with E-state index >= 15 is 0 Å². The molecule has 0 bridgehead atoms. The third-order valence-electron chi connectivity index (χ3n) is 7.47. The minimum absolute atomic E-state index is 0.0997. The first-order valence-electron chi connectivity index (χ1n) is 12.4. The molecule has 0 saturated carbocycles. The van der Waals surface area contributed by atoms with E-state index in [4.69, 9.17) is 4.74 Å². The molecule has 3 aliphatic rings. The molecule has 5 rings (SSSR count). The summed E-state index contributed by atoms with van der Waals surface area (Å²) in [5, 5.41) is 6.50. The van der Waals surface area contributed by atoms with Crippen LogP contribution in [0, 0.1) is 0 Å². The van der Waals surface area contributed by atoms with Crippen molar-refractivity contribution in [1.29, 1.82) is 0 Å². The van der Waals surface area contributed by atoms with Gasteiger partial charge in [0.15, 0.2) is 0 Å². The monoisotopic (exact) mass is 474 g/mol. The number of benzene rings is 2. The Kier molecular flexibility index (Phi) is 6.49. The molecule has 3 aliphatic heterocycles. The van der Waals surface area contributed by atoms with E-state index < -0.39 is 17.8 Å². The first-order chi connectivity index (χ1) is 16.9. The Morgan fingerprint density at radius 2 is 1.71 bits per heavy atom. The zero-order valence-corrected chi connectivity index (χ0v) is 20.4. The fraction of sp³-hybridized carbons (Fsp3) is 0.429. The molecular weight excluding hydrogens is 440 g/mol. The van der Waals surface area contributed by atoms with E-state index in [-0.39, 0.29) is 17.4 Å². The van der Waals surface area contributed by atoms with Gasteiger partial charge in [-0.05, 0) is 20.3 Å². The number of esters is 1. The lowest BCUT2D eigenvalue weighted by molar-refractivity contribution is -0.153. The van der Waals surface area contributed by atoms with Crippen LogP contribution in [0.5, 0.6) is 0 Å². The summed E-state index contributed by atoms with van der Waals surface area (Å²) in [7, 11) is 0. The average molecular weight is 475 g/mol. The van der Waals surface area contributed by atoms with Crippen LogP contribution in [0.1, 0.15) is 31.4 Å².